The molecule has 0 amide bonds. The van der Waals surface area contributed by atoms with E-state index in [1.807, 2.05) is 0 Å². The number of nitrogens with zero attached hydrogens (tertiary/aromatic N) is 1. The lowest BCUT2D eigenvalue weighted by atomic mass is 10.0. The zero-order chi connectivity index (χ0) is 20.4. The third kappa shape index (κ3) is 5.90. The van der Waals surface area contributed by atoms with Gasteiger partial charge in [-0.15, -0.1) is 0 Å². The highest BCUT2D eigenvalue weighted by atomic mass is 32.5. The Morgan fingerprint density at radius 3 is 2.48 bits per heavy atom. The molecule has 0 aromatic carbocycles. The molecule has 2 rings (SSSR count). The highest BCUT2D eigenvalue weighted by molar-refractivity contribution is 8.07. The Balaban J connectivity index is 2.40. The number of nitrogens with one attached hydrogen (secondary N) is 1. The van der Waals surface area contributed by atoms with Crippen molar-refractivity contribution in [2.75, 3.05) is 20.4 Å². The van der Waals surface area contributed by atoms with E-state index in [1.165, 1.54) is 25.0 Å². The molecule has 0 aliphatic heterocycles. The van der Waals surface area contributed by atoms with Gasteiger partial charge in [0.15, 0.2) is 0 Å². The number of hydrogen-bond donors (Lipinski definition) is 4. The van der Waals surface area contributed by atoms with E-state index in [1.54, 1.807) is 0 Å². The molecule has 1 aromatic rings. The second-order valence-corrected chi connectivity index (χ2v) is 10.9. The summed E-state index contributed by atoms with van der Waals surface area (Å²) in [5, 5.41) is 0. The molecular formula is C13H22N2O9P2S. The first kappa shape index (κ1) is 22.6. The summed E-state index contributed by atoms with van der Waals surface area (Å²) in [6, 6.07) is 0.472. The Kier molecular flexibility index (Phi) is 7.34. The second-order valence-electron chi connectivity index (χ2n) is 6.18. The van der Waals surface area contributed by atoms with Crippen molar-refractivity contribution in [3.63, 3.8) is 0 Å². The predicted octanol–water partition coefficient (Wildman–Crippen LogP) is -0.0712. The summed E-state index contributed by atoms with van der Waals surface area (Å²) in [4.78, 5) is 54.1. The van der Waals surface area contributed by atoms with Crippen LogP contribution in [-0.4, -0.2) is 56.8 Å². The molecule has 0 saturated heterocycles. The van der Waals surface area contributed by atoms with E-state index < -0.39 is 43.8 Å². The quantitative estimate of drug-likeness (QED) is 0.400. The molecular weight excluding hydrogens is 422 g/mol. The van der Waals surface area contributed by atoms with Crippen molar-refractivity contribution in [1.29, 1.82) is 0 Å². The third-order valence-corrected chi connectivity index (χ3v) is 6.99. The Bertz CT molecular complexity index is 866. The maximum absolute atomic E-state index is 12.2. The molecule has 154 valence electrons. The van der Waals surface area contributed by atoms with Gasteiger partial charge in [-0.05, 0) is 30.6 Å². The van der Waals surface area contributed by atoms with Gasteiger partial charge in [-0.1, -0.05) is 0 Å². The van der Waals surface area contributed by atoms with Crippen LogP contribution in [0.2, 0.25) is 0 Å². The minimum Gasteiger partial charge on any atom is -0.378 e. The average Bonchev–Trinajstić information content (AvgIpc) is 2.89. The highest BCUT2D eigenvalue weighted by Gasteiger charge is 2.48. The van der Waals surface area contributed by atoms with Crippen LogP contribution in [0.15, 0.2) is 21.9 Å². The number of hydrogen-bond acceptors (Lipinski definition) is 7. The predicted molar refractivity (Wildman–Crippen MR) is 99.2 cm³/mol. The standard InChI is InChI=1S/C13H22N2O9P2S/c1-22-11-8(4-6-25(18,19)20)7-9(12(11)24-26(21,27)23-2)15-5-3-10(16)14-13(15)17/h3,5,8-9,11-12H,4,6-7H2,1-2H3,(H,21,27)(H,14,16,17)(H2,18,19,20)/t8-,9-,11+,12-,26?/m0/s1. The molecule has 1 fully saturated rings. The van der Waals surface area contributed by atoms with Crippen molar-refractivity contribution < 1.29 is 33.0 Å². The van der Waals surface area contributed by atoms with Gasteiger partial charge in [0.05, 0.1) is 18.3 Å². The van der Waals surface area contributed by atoms with Crippen molar-refractivity contribution in [2.45, 2.75) is 31.1 Å². The van der Waals surface area contributed by atoms with Gasteiger partial charge in [0.25, 0.3) is 5.56 Å². The Hall–Kier alpha value is -0.680. The van der Waals surface area contributed by atoms with Crippen molar-refractivity contribution >= 4 is 26.1 Å². The van der Waals surface area contributed by atoms with Gasteiger partial charge in [-0.3, -0.25) is 18.9 Å². The first-order chi connectivity index (χ1) is 12.5. The molecule has 1 unspecified atom stereocenters. The van der Waals surface area contributed by atoms with Gasteiger partial charge in [0, 0.05) is 26.5 Å². The monoisotopic (exact) mass is 444 g/mol. The Labute approximate surface area is 159 Å². The van der Waals surface area contributed by atoms with Crippen LogP contribution < -0.4 is 11.2 Å². The topological polar surface area (TPSA) is 160 Å². The van der Waals surface area contributed by atoms with E-state index in [-0.39, 0.29) is 24.9 Å². The summed E-state index contributed by atoms with van der Waals surface area (Å²) in [6.07, 6.45) is -0.337. The fourth-order valence-corrected chi connectivity index (χ4v) is 4.92. The summed E-state index contributed by atoms with van der Waals surface area (Å²) in [5.41, 5.74) is -1.26. The number of aromatic amines is 1. The fraction of sp³-hybridized carbons (Fsp3) is 0.692. The number of ether oxygens (including phenoxy) is 1. The normalized spacial score (nSPS) is 28.2. The summed E-state index contributed by atoms with van der Waals surface area (Å²) in [6.45, 7) is -3.62. The first-order valence-corrected chi connectivity index (χ1v) is 12.3. The van der Waals surface area contributed by atoms with Crippen LogP contribution in [0, 0.1) is 5.92 Å². The zero-order valence-electron chi connectivity index (χ0n) is 14.6. The third-order valence-electron chi connectivity index (χ3n) is 4.47. The molecule has 1 aliphatic rings. The molecule has 14 heteroatoms. The van der Waals surface area contributed by atoms with Gasteiger partial charge in [-0.2, -0.15) is 0 Å². The van der Waals surface area contributed by atoms with Crippen LogP contribution in [0.3, 0.4) is 0 Å². The summed E-state index contributed by atoms with van der Waals surface area (Å²) < 4.78 is 28.3. The van der Waals surface area contributed by atoms with Crippen molar-refractivity contribution in [3.05, 3.63) is 33.1 Å². The number of rotatable bonds is 8. The van der Waals surface area contributed by atoms with E-state index in [9.17, 15) is 19.0 Å². The molecule has 0 radical (unpaired) electrons. The first-order valence-electron chi connectivity index (χ1n) is 7.93. The van der Waals surface area contributed by atoms with Crippen LogP contribution in [0.5, 0.6) is 0 Å². The minimum atomic E-state index is -4.23. The Morgan fingerprint density at radius 1 is 1.30 bits per heavy atom. The molecule has 0 spiro atoms. The fourth-order valence-electron chi connectivity index (χ4n) is 3.30. The number of H-pyrrole nitrogens is 1. The van der Waals surface area contributed by atoms with Crippen molar-refractivity contribution in [3.8, 4) is 0 Å². The van der Waals surface area contributed by atoms with Gasteiger partial charge >= 0.3 is 20.0 Å². The van der Waals surface area contributed by atoms with Gasteiger partial charge in [0.2, 0.25) is 0 Å². The van der Waals surface area contributed by atoms with Crippen LogP contribution in [0.4, 0.5) is 0 Å². The lowest BCUT2D eigenvalue weighted by molar-refractivity contribution is -0.0184. The average molecular weight is 444 g/mol. The highest BCUT2D eigenvalue weighted by Crippen LogP contribution is 2.51. The zero-order valence-corrected chi connectivity index (χ0v) is 17.2. The largest absolute Gasteiger partial charge is 0.378 e. The molecule has 27 heavy (non-hydrogen) atoms. The molecule has 5 atom stereocenters. The van der Waals surface area contributed by atoms with Crippen molar-refractivity contribution in [1.82, 2.24) is 9.55 Å². The molecule has 1 heterocycles. The van der Waals surface area contributed by atoms with E-state index in [4.69, 9.17) is 35.4 Å². The molecule has 1 saturated carbocycles. The second kappa shape index (κ2) is 8.77. The lowest BCUT2D eigenvalue weighted by Gasteiger charge is -2.29. The van der Waals surface area contributed by atoms with Crippen LogP contribution in [-0.2, 0) is 30.2 Å². The van der Waals surface area contributed by atoms with Crippen molar-refractivity contribution in [2.24, 2.45) is 5.92 Å². The van der Waals surface area contributed by atoms with Crippen LogP contribution in [0.1, 0.15) is 18.9 Å². The molecule has 1 aromatic heterocycles. The maximum atomic E-state index is 12.2. The number of methoxy groups -OCH3 is 1. The van der Waals surface area contributed by atoms with E-state index in [0.717, 1.165) is 6.07 Å². The number of aromatic nitrogens is 2. The van der Waals surface area contributed by atoms with Gasteiger partial charge in [-0.25, -0.2) is 4.79 Å². The van der Waals surface area contributed by atoms with Gasteiger partial charge in [0.1, 0.15) is 6.10 Å². The molecule has 11 nitrogen and oxygen atoms in total. The summed E-state index contributed by atoms with van der Waals surface area (Å²) in [5.74, 6) is -0.386. The van der Waals surface area contributed by atoms with E-state index >= 15 is 0 Å². The van der Waals surface area contributed by atoms with E-state index in [0.29, 0.717) is 0 Å². The van der Waals surface area contributed by atoms with Crippen LogP contribution in [0.25, 0.3) is 0 Å². The maximum Gasteiger partial charge on any atom is 0.328 e. The van der Waals surface area contributed by atoms with E-state index in [2.05, 4.69) is 4.98 Å². The summed E-state index contributed by atoms with van der Waals surface area (Å²) in [7, 11) is -1.66. The van der Waals surface area contributed by atoms with Gasteiger partial charge < -0.3 is 28.5 Å². The summed E-state index contributed by atoms with van der Waals surface area (Å²) >= 11 is 4.90. The minimum absolute atomic E-state index is 0.110. The molecule has 4 N–H and O–H groups in total. The molecule has 1 aliphatic carbocycles. The SMILES string of the molecule is CO[C@@H]1[C@@H](CCP(=O)(O)O)C[C@H](n2ccc(=O)[nH]c2=O)[C@@H]1OP(O)(=S)OC. The smallest absolute Gasteiger partial charge is 0.328 e. The molecule has 0 bridgehead atoms. The van der Waals surface area contributed by atoms with Crippen LogP contribution >= 0.6 is 14.3 Å². The lowest BCUT2D eigenvalue weighted by Crippen LogP contribution is -2.38. The Morgan fingerprint density at radius 2 is 1.96 bits per heavy atom.